The zero-order chi connectivity index (χ0) is 12.7. The first kappa shape index (κ1) is 11.2. The Morgan fingerprint density at radius 3 is 3.00 bits per heavy atom. The lowest BCUT2D eigenvalue weighted by Gasteiger charge is -2.08. The molecule has 1 fully saturated rings. The first-order valence-electron chi connectivity index (χ1n) is 5.90. The second-order valence-corrected chi connectivity index (χ2v) is 4.60. The molecule has 1 aliphatic heterocycles. The summed E-state index contributed by atoms with van der Waals surface area (Å²) in [6.07, 6.45) is 0.870. The van der Waals surface area contributed by atoms with Gasteiger partial charge in [-0.25, -0.2) is 9.78 Å². The van der Waals surface area contributed by atoms with Crippen molar-refractivity contribution in [1.82, 2.24) is 4.98 Å². The summed E-state index contributed by atoms with van der Waals surface area (Å²) >= 11 is 0. The number of carboxylic acid groups (broad SMARTS) is 1. The summed E-state index contributed by atoms with van der Waals surface area (Å²) in [5.74, 6) is -0.0542. The Morgan fingerprint density at radius 2 is 2.33 bits per heavy atom. The molecule has 1 saturated heterocycles. The average Bonchev–Trinajstić information content (AvgIpc) is 2.92. The molecule has 1 aromatic carbocycles. The Kier molecular flexibility index (Phi) is 2.56. The number of ether oxygens (including phenoxy) is 1. The van der Waals surface area contributed by atoms with Gasteiger partial charge in [0.25, 0.3) is 0 Å². The number of aromatic nitrogens is 1. The number of rotatable bonds is 2. The number of aromatic carboxylic acids is 1. The molecule has 0 amide bonds. The first-order chi connectivity index (χ1) is 8.65. The average molecular weight is 247 g/mol. The highest BCUT2D eigenvalue weighted by Gasteiger charge is 2.30. The van der Waals surface area contributed by atoms with E-state index in [1.165, 1.54) is 12.1 Å². The molecule has 1 N–H and O–H groups in total. The smallest absolute Gasteiger partial charge is 0.335 e. The molecule has 94 valence electrons. The molecule has 0 bridgehead atoms. The van der Waals surface area contributed by atoms with Crippen LogP contribution in [0.3, 0.4) is 0 Å². The molecule has 3 rings (SSSR count). The van der Waals surface area contributed by atoms with Gasteiger partial charge in [-0.15, -0.1) is 0 Å². The molecule has 1 aromatic heterocycles. The Hall–Kier alpha value is -1.88. The van der Waals surface area contributed by atoms with Crippen molar-refractivity contribution < 1.29 is 19.1 Å². The van der Waals surface area contributed by atoms with Gasteiger partial charge in [0.05, 0.1) is 5.56 Å². The van der Waals surface area contributed by atoms with Crippen molar-refractivity contribution in [2.24, 2.45) is 5.92 Å². The van der Waals surface area contributed by atoms with Crippen molar-refractivity contribution in [3.8, 4) is 0 Å². The van der Waals surface area contributed by atoms with Gasteiger partial charge in [-0.2, -0.15) is 0 Å². The van der Waals surface area contributed by atoms with Gasteiger partial charge in [0, 0.05) is 6.61 Å². The highest BCUT2D eigenvalue weighted by Crippen LogP contribution is 2.35. The van der Waals surface area contributed by atoms with E-state index in [2.05, 4.69) is 11.9 Å². The number of oxazole rings is 1. The number of carbonyl (C=O) groups is 1. The van der Waals surface area contributed by atoms with Crippen LogP contribution < -0.4 is 0 Å². The molecule has 0 aliphatic carbocycles. The maximum atomic E-state index is 10.9. The van der Waals surface area contributed by atoms with E-state index in [0.29, 0.717) is 29.5 Å². The summed E-state index contributed by atoms with van der Waals surface area (Å²) in [6, 6.07) is 4.66. The fourth-order valence-corrected chi connectivity index (χ4v) is 2.21. The van der Waals surface area contributed by atoms with Crippen molar-refractivity contribution in [2.75, 3.05) is 6.61 Å². The van der Waals surface area contributed by atoms with E-state index in [-0.39, 0.29) is 11.7 Å². The van der Waals surface area contributed by atoms with Crippen LogP contribution in [0.2, 0.25) is 0 Å². The van der Waals surface area contributed by atoms with E-state index in [9.17, 15) is 4.79 Å². The summed E-state index contributed by atoms with van der Waals surface area (Å²) in [7, 11) is 0. The molecule has 0 spiro atoms. The highest BCUT2D eigenvalue weighted by molar-refractivity contribution is 5.91. The van der Waals surface area contributed by atoms with Crippen molar-refractivity contribution in [3.63, 3.8) is 0 Å². The Balaban J connectivity index is 2.02. The Bertz CT molecular complexity index is 604. The van der Waals surface area contributed by atoms with Crippen LogP contribution in [-0.2, 0) is 4.74 Å². The molecule has 2 aromatic rings. The van der Waals surface area contributed by atoms with E-state index < -0.39 is 5.97 Å². The van der Waals surface area contributed by atoms with Crippen LogP contribution in [-0.4, -0.2) is 22.7 Å². The topological polar surface area (TPSA) is 72.6 Å². The molecule has 18 heavy (non-hydrogen) atoms. The molecule has 5 nitrogen and oxygen atoms in total. The van der Waals surface area contributed by atoms with Gasteiger partial charge in [-0.1, -0.05) is 6.92 Å². The normalized spacial score (nSPS) is 23.6. The van der Waals surface area contributed by atoms with Crippen LogP contribution in [0.5, 0.6) is 0 Å². The summed E-state index contributed by atoms with van der Waals surface area (Å²) in [6.45, 7) is 2.81. The standard InChI is InChI=1S/C13H13NO4/c1-7-4-5-17-11(7)12-14-9-6-8(13(15)16)2-3-10(9)18-12/h2-3,6-7,11H,4-5H2,1H3,(H,15,16). The van der Waals surface area contributed by atoms with Gasteiger partial charge >= 0.3 is 5.97 Å². The number of nitrogens with zero attached hydrogens (tertiary/aromatic N) is 1. The van der Waals surface area contributed by atoms with Gasteiger partial charge in [0.15, 0.2) is 5.58 Å². The SMILES string of the molecule is CC1CCOC1c1nc2cc(C(=O)O)ccc2o1. The molecule has 5 heteroatoms. The van der Waals surface area contributed by atoms with Gasteiger partial charge in [-0.3, -0.25) is 0 Å². The van der Waals surface area contributed by atoms with Crippen molar-refractivity contribution in [1.29, 1.82) is 0 Å². The third-order valence-electron chi connectivity index (χ3n) is 3.28. The van der Waals surface area contributed by atoms with Crippen LogP contribution >= 0.6 is 0 Å². The summed E-state index contributed by atoms with van der Waals surface area (Å²) in [5, 5.41) is 8.92. The number of carboxylic acids is 1. The van der Waals surface area contributed by atoms with Crippen LogP contribution in [0.1, 0.15) is 35.7 Å². The lowest BCUT2D eigenvalue weighted by atomic mass is 10.0. The maximum Gasteiger partial charge on any atom is 0.335 e. The predicted octanol–water partition coefficient (Wildman–Crippen LogP) is 2.62. The van der Waals surface area contributed by atoms with E-state index in [1.807, 2.05) is 0 Å². The fraction of sp³-hybridized carbons (Fsp3) is 0.385. The highest BCUT2D eigenvalue weighted by atomic mass is 16.5. The van der Waals surface area contributed by atoms with Gasteiger partial charge in [0.1, 0.15) is 11.6 Å². The molecule has 2 heterocycles. The van der Waals surface area contributed by atoms with Crippen LogP contribution in [0, 0.1) is 5.92 Å². The molecule has 0 saturated carbocycles. The molecule has 1 aliphatic rings. The lowest BCUT2D eigenvalue weighted by molar-refractivity contribution is 0.0697. The Morgan fingerprint density at radius 1 is 1.50 bits per heavy atom. The van der Waals surface area contributed by atoms with Gasteiger partial charge < -0.3 is 14.3 Å². The zero-order valence-electron chi connectivity index (χ0n) is 9.92. The molecular formula is C13H13NO4. The molecule has 2 atom stereocenters. The second-order valence-electron chi connectivity index (χ2n) is 4.60. The lowest BCUT2D eigenvalue weighted by Crippen LogP contribution is -2.03. The Labute approximate surface area is 103 Å². The van der Waals surface area contributed by atoms with Gasteiger partial charge in [-0.05, 0) is 30.5 Å². The zero-order valence-corrected chi connectivity index (χ0v) is 9.92. The minimum Gasteiger partial charge on any atom is -0.478 e. The van der Waals surface area contributed by atoms with Crippen LogP contribution in [0.4, 0.5) is 0 Å². The van der Waals surface area contributed by atoms with Gasteiger partial charge in [0.2, 0.25) is 5.89 Å². The number of fused-ring (bicyclic) bond motifs is 1. The number of hydrogen-bond donors (Lipinski definition) is 1. The molecule has 2 unspecified atom stereocenters. The third kappa shape index (κ3) is 1.76. The van der Waals surface area contributed by atoms with E-state index in [0.717, 1.165) is 6.42 Å². The van der Waals surface area contributed by atoms with E-state index in [4.69, 9.17) is 14.3 Å². The summed E-state index contributed by atoms with van der Waals surface area (Å²) in [5.41, 5.74) is 1.37. The fourth-order valence-electron chi connectivity index (χ4n) is 2.21. The van der Waals surface area contributed by atoms with Crippen LogP contribution in [0.15, 0.2) is 22.6 Å². The number of hydrogen-bond acceptors (Lipinski definition) is 4. The maximum absolute atomic E-state index is 10.9. The summed E-state index contributed by atoms with van der Waals surface area (Å²) < 4.78 is 11.2. The van der Waals surface area contributed by atoms with Crippen LogP contribution in [0.25, 0.3) is 11.1 Å². The summed E-state index contributed by atoms with van der Waals surface area (Å²) in [4.78, 5) is 15.2. The molecule has 0 radical (unpaired) electrons. The second kappa shape index (κ2) is 4.10. The number of benzene rings is 1. The quantitative estimate of drug-likeness (QED) is 0.883. The molecular weight excluding hydrogens is 234 g/mol. The van der Waals surface area contributed by atoms with Crippen molar-refractivity contribution in [3.05, 3.63) is 29.7 Å². The van der Waals surface area contributed by atoms with Crippen molar-refractivity contribution >= 4 is 17.1 Å². The van der Waals surface area contributed by atoms with Crippen molar-refractivity contribution in [2.45, 2.75) is 19.4 Å². The monoisotopic (exact) mass is 247 g/mol. The minimum atomic E-state index is -0.966. The largest absolute Gasteiger partial charge is 0.478 e. The predicted molar refractivity (Wildman–Crippen MR) is 63.4 cm³/mol. The van der Waals surface area contributed by atoms with E-state index >= 15 is 0 Å². The third-order valence-corrected chi connectivity index (χ3v) is 3.28. The first-order valence-corrected chi connectivity index (χ1v) is 5.90. The van der Waals surface area contributed by atoms with E-state index in [1.54, 1.807) is 6.07 Å². The minimum absolute atomic E-state index is 0.120.